The number of rotatable bonds is 8. The van der Waals surface area contributed by atoms with E-state index in [1.807, 2.05) is 59.2 Å². The zero-order valence-electron chi connectivity index (χ0n) is 23.4. The topological polar surface area (TPSA) is 57.6 Å². The Morgan fingerprint density at radius 3 is 2.38 bits per heavy atom. The van der Waals surface area contributed by atoms with Crippen LogP contribution in [-0.2, 0) is 0 Å². The number of carbonyl (C=O) groups excluding carboxylic acids is 1. The second-order valence-electron chi connectivity index (χ2n) is 10.7. The van der Waals surface area contributed by atoms with Gasteiger partial charge in [-0.05, 0) is 81.9 Å². The summed E-state index contributed by atoms with van der Waals surface area (Å²) in [5.41, 5.74) is 1.86. The van der Waals surface area contributed by atoms with Gasteiger partial charge in [-0.2, -0.15) is 0 Å². The number of hydrogen-bond donors (Lipinski definition) is 0. The van der Waals surface area contributed by atoms with E-state index in [4.69, 9.17) is 26.1 Å². The average Bonchev–Trinajstić information content (AvgIpc) is 3.63. The summed E-state index contributed by atoms with van der Waals surface area (Å²) in [5.74, 6) is 2.06. The van der Waals surface area contributed by atoms with Crippen LogP contribution in [0.5, 0.6) is 11.5 Å². The molecule has 3 aliphatic rings. The maximum atomic E-state index is 14.5. The molecule has 5 rings (SSSR count). The Morgan fingerprint density at radius 1 is 1.03 bits per heavy atom. The molecule has 7 nitrogen and oxygen atoms in total. The molecule has 210 valence electrons. The lowest BCUT2D eigenvalue weighted by atomic mass is 9.96. The lowest BCUT2D eigenvalue weighted by molar-refractivity contribution is 0.117. The third kappa shape index (κ3) is 5.90. The number of methoxy groups -OCH3 is 1. The highest BCUT2D eigenvalue weighted by molar-refractivity contribution is 6.30. The number of benzene rings is 2. The number of carbonyl (C=O) groups is 1. The van der Waals surface area contributed by atoms with Crippen molar-refractivity contribution in [1.82, 2.24) is 14.7 Å². The Bertz CT molecular complexity index is 1160. The zero-order chi connectivity index (χ0) is 27.4. The van der Waals surface area contributed by atoms with Crippen molar-refractivity contribution in [2.75, 3.05) is 39.9 Å². The van der Waals surface area contributed by atoms with Crippen molar-refractivity contribution in [3.05, 3.63) is 58.6 Å². The Morgan fingerprint density at radius 2 is 1.74 bits per heavy atom. The summed E-state index contributed by atoms with van der Waals surface area (Å²) in [7, 11) is 1.65. The van der Waals surface area contributed by atoms with Crippen LogP contribution >= 0.6 is 11.6 Å². The lowest BCUT2D eigenvalue weighted by Crippen LogP contribution is -2.52. The Hall–Kier alpha value is -2.77. The van der Waals surface area contributed by atoms with Crippen molar-refractivity contribution >= 4 is 23.5 Å². The van der Waals surface area contributed by atoms with Gasteiger partial charge in [-0.3, -0.25) is 9.89 Å². The van der Waals surface area contributed by atoms with Crippen LogP contribution in [0, 0.1) is 0 Å². The van der Waals surface area contributed by atoms with Crippen LogP contribution in [0.15, 0.2) is 47.5 Å². The van der Waals surface area contributed by atoms with Crippen LogP contribution < -0.4 is 9.47 Å². The third-order valence-electron chi connectivity index (χ3n) is 8.28. The molecular weight excluding hydrogens is 512 g/mol. The van der Waals surface area contributed by atoms with Crippen molar-refractivity contribution in [2.45, 2.75) is 70.5 Å². The van der Waals surface area contributed by atoms with Crippen LogP contribution in [0.25, 0.3) is 0 Å². The quantitative estimate of drug-likeness (QED) is 0.380. The highest BCUT2D eigenvalue weighted by atomic mass is 35.5. The maximum Gasteiger partial charge on any atom is 0.326 e. The molecule has 0 aliphatic carbocycles. The minimum Gasteiger partial charge on any atom is -0.497 e. The Kier molecular flexibility index (Phi) is 8.98. The molecule has 39 heavy (non-hydrogen) atoms. The minimum absolute atomic E-state index is 0.0189. The van der Waals surface area contributed by atoms with Crippen molar-refractivity contribution in [1.29, 1.82) is 0 Å². The van der Waals surface area contributed by atoms with E-state index in [9.17, 15) is 4.79 Å². The third-order valence-corrected chi connectivity index (χ3v) is 8.53. The SMILES string of the molecule is CCCC1N=C(c2ccc(OC)cc2OCC)N(C(=O)N2CCC(N3CCCC3)CC2)C1c1ccc(Cl)cc1. The minimum atomic E-state index is -0.211. The molecule has 0 aromatic heterocycles. The normalized spacial score (nSPS) is 22.3. The fraction of sp³-hybridized carbons (Fsp3) is 0.548. The van der Waals surface area contributed by atoms with E-state index in [0.29, 0.717) is 35.0 Å². The molecule has 2 saturated heterocycles. The van der Waals surface area contributed by atoms with Crippen LogP contribution in [0.2, 0.25) is 5.02 Å². The number of amidine groups is 1. The van der Waals surface area contributed by atoms with E-state index in [-0.39, 0.29) is 18.1 Å². The van der Waals surface area contributed by atoms with Gasteiger partial charge >= 0.3 is 6.03 Å². The number of amides is 2. The summed E-state index contributed by atoms with van der Waals surface area (Å²) >= 11 is 6.26. The van der Waals surface area contributed by atoms with Gasteiger partial charge in [0.1, 0.15) is 17.3 Å². The van der Waals surface area contributed by atoms with Crippen molar-refractivity contribution in [2.24, 2.45) is 4.99 Å². The predicted molar refractivity (Wildman–Crippen MR) is 156 cm³/mol. The molecule has 3 aliphatic heterocycles. The smallest absolute Gasteiger partial charge is 0.326 e. The summed E-state index contributed by atoms with van der Waals surface area (Å²) in [6.07, 6.45) is 6.45. The fourth-order valence-electron chi connectivity index (χ4n) is 6.32. The lowest BCUT2D eigenvalue weighted by Gasteiger charge is -2.40. The van der Waals surface area contributed by atoms with Crippen LogP contribution in [-0.4, -0.2) is 78.5 Å². The van der Waals surface area contributed by atoms with E-state index in [2.05, 4.69) is 11.8 Å². The van der Waals surface area contributed by atoms with Crippen molar-refractivity contribution in [3.8, 4) is 11.5 Å². The predicted octanol–water partition coefficient (Wildman–Crippen LogP) is 6.40. The second kappa shape index (κ2) is 12.6. The van der Waals surface area contributed by atoms with Crippen molar-refractivity contribution in [3.63, 3.8) is 0 Å². The number of aliphatic imine (C=N–C) groups is 1. The average molecular weight is 553 g/mol. The number of urea groups is 1. The second-order valence-corrected chi connectivity index (χ2v) is 11.2. The standard InChI is InChI=1S/C31H41ClN4O3/c1-4-8-27-29(22-9-11-23(32)12-10-22)36(30(33-27)26-14-13-25(38-3)21-28(26)39-5-2)31(37)35-19-15-24(16-20-35)34-17-6-7-18-34/h9-14,21,24,27,29H,4-8,15-20H2,1-3H3. The molecule has 8 heteroatoms. The number of hydrogen-bond acceptors (Lipinski definition) is 5. The molecule has 2 aromatic rings. The van der Waals surface area contributed by atoms with Gasteiger partial charge in [0, 0.05) is 30.2 Å². The van der Waals surface area contributed by atoms with Gasteiger partial charge < -0.3 is 19.3 Å². The van der Waals surface area contributed by atoms with Gasteiger partial charge in [0.25, 0.3) is 0 Å². The number of nitrogens with zero attached hydrogens (tertiary/aromatic N) is 4. The summed E-state index contributed by atoms with van der Waals surface area (Å²) in [4.78, 5) is 26.3. The van der Waals surface area contributed by atoms with Gasteiger partial charge in [-0.1, -0.05) is 37.1 Å². The molecule has 0 saturated carbocycles. The van der Waals surface area contributed by atoms with Crippen molar-refractivity contribution < 1.29 is 14.3 Å². The van der Waals surface area contributed by atoms with Gasteiger partial charge in [0.15, 0.2) is 0 Å². The summed E-state index contributed by atoms with van der Waals surface area (Å²) in [6, 6.07) is 14.0. The molecule has 0 radical (unpaired) electrons. The fourth-order valence-corrected chi connectivity index (χ4v) is 6.45. The maximum absolute atomic E-state index is 14.5. The molecule has 2 fully saturated rings. The first-order valence-corrected chi connectivity index (χ1v) is 14.9. The molecule has 2 amide bonds. The number of piperidine rings is 1. The number of likely N-dealkylation sites (tertiary alicyclic amines) is 2. The van der Waals surface area contributed by atoms with Gasteiger partial charge in [0.05, 0.1) is 31.4 Å². The van der Waals surface area contributed by atoms with Gasteiger partial charge in [0.2, 0.25) is 0 Å². The molecule has 2 atom stereocenters. The molecular formula is C31H41ClN4O3. The monoisotopic (exact) mass is 552 g/mol. The van der Waals surface area contributed by atoms with E-state index >= 15 is 0 Å². The molecule has 0 bridgehead atoms. The summed E-state index contributed by atoms with van der Waals surface area (Å²) < 4.78 is 11.5. The molecule has 2 unspecified atom stereocenters. The largest absolute Gasteiger partial charge is 0.497 e. The number of halogens is 1. The highest BCUT2D eigenvalue weighted by Crippen LogP contribution is 2.40. The summed E-state index contributed by atoms with van der Waals surface area (Å²) in [6.45, 7) is 8.54. The van der Waals surface area contributed by atoms with Gasteiger partial charge in [-0.15, -0.1) is 0 Å². The highest BCUT2D eigenvalue weighted by Gasteiger charge is 2.44. The molecule has 2 aromatic carbocycles. The first-order valence-electron chi connectivity index (χ1n) is 14.5. The van der Waals surface area contributed by atoms with Gasteiger partial charge in [-0.25, -0.2) is 4.79 Å². The zero-order valence-corrected chi connectivity index (χ0v) is 24.2. The first-order chi connectivity index (χ1) is 19.0. The van der Waals surface area contributed by atoms with E-state index < -0.39 is 0 Å². The Balaban J connectivity index is 1.51. The van der Waals surface area contributed by atoms with Crippen LogP contribution in [0.3, 0.4) is 0 Å². The first kappa shape index (κ1) is 27.8. The Labute approximate surface area is 237 Å². The van der Waals surface area contributed by atoms with Crippen LogP contribution in [0.4, 0.5) is 4.79 Å². The molecule has 0 N–H and O–H groups in total. The van der Waals surface area contributed by atoms with E-state index in [0.717, 1.165) is 49.9 Å². The van der Waals surface area contributed by atoms with Crippen LogP contribution in [0.1, 0.15) is 69.5 Å². The molecule has 3 heterocycles. The summed E-state index contributed by atoms with van der Waals surface area (Å²) in [5, 5.41) is 0.681. The molecule has 0 spiro atoms. The van der Waals surface area contributed by atoms with E-state index in [1.54, 1.807) is 7.11 Å². The van der Waals surface area contributed by atoms with E-state index in [1.165, 1.54) is 25.9 Å². The number of ether oxygens (including phenoxy) is 2.